The molecule has 40 heavy (non-hydrogen) atoms. The van der Waals surface area contributed by atoms with Crippen molar-refractivity contribution in [3.8, 4) is 11.1 Å². The van der Waals surface area contributed by atoms with Crippen molar-refractivity contribution in [3.63, 3.8) is 0 Å². The first-order chi connectivity index (χ1) is 19.5. The number of amides is 1. The van der Waals surface area contributed by atoms with E-state index in [0.29, 0.717) is 37.2 Å². The highest BCUT2D eigenvalue weighted by atomic mass is 32.1. The van der Waals surface area contributed by atoms with E-state index in [1.54, 1.807) is 28.7 Å². The molecule has 208 valence electrons. The van der Waals surface area contributed by atoms with Crippen LogP contribution in [0.5, 0.6) is 0 Å². The second-order valence-corrected chi connectivity index (χ2v) is 13.4. The molecule has 9 nitrogen and oxygen atoms in total. The lowest BCUT2D eigenvalue weighted by molar-refractivity contribution is -0.427. The first-order valence-corrected chi connectivity index (χ1v) is 16.3. The van der Waals surface area contributed by atoms with Crippen molar-refractivity contribution in [3.05, 3.63) is 50.3 Å². The lowest BCUT2D eigenvalue weighted by Crippen LogP contribution is -2.68. The Morgan fingerprint density at radius 1 is 1.05 bits per heavy atom. The van der Waals surface area contributed by atoms with Gasteiger partial charge in [-0.2, -0.15) is 0 Å². The highest BCUT2D eigenvalue weighted by Gasteiger charge is 2.29. The van der Waals surface area contributed by atoms with Crippen molar-refractivity contribution in [1.29, 1.82) is 0 Å². The highest BCUT2D eigenvalue weighted by Crippen LogP contribution is 2.41. The molecule has 6 heterocycles. The fourth-order valence-electron chi connectivity index (χ4n) is 5.74. The molecule has 6 N–H and O–H groups in total. The van der Waals surface area contributed by atoms with E-state index in [1.165, 1.54) is 24.2 Å². The Labute approximate surface area is 243 Å². The normalized spacial score (nSPS) is 20.9. The third-order valence-electron chi connectivity index (χ3n) is 7.92. The molecule has 2 fully saturated rings. The summed E-state index contributed by atoms with van der Waals surface area (Å²) in [7, 11) is 0. The fraction of sp³-hybridized carbons (Fsp3) is 0.393. The number of nitrogens with one attached hydrogen (secondary N) is 3. The van der Waals surface area contributed by atoms with Gasteiger partial charge < -0.3 is 31.3 Å². The standard InChI is InChI=1S/C28H30N6O3S3/c29-18-3-1-2-4-19(18)31-21-9-15-12-30-28(36)24(15)27(32-21)33-22-10-16(13-38-22)17-14-39-26-20(35)11-23(40-25(17)26)34-5-7-37-8-6-34/h9-11,13-14,18-19H,1-8,12,29H2,(H,30,36)(H2,31,32,33)/p+1/t18-,19+/m1/s1. The van der Waals surface area contributed by atoms with Crippen LogP contribution in [0.3, 0.4) is 0 Å². The number of ether oxygens (including phenoxy) is 1. The number of thiophene rings is 2. The molecule has 0 unspecified atom stereocenters. The number of hydrogen-bond acceptors (Lipinski definition) is 10. The van der Waals surface area contributed by atoms with Gasteiger partial charge >= 0.3 is 0 Å². The highest BCUT2D eigenvalue weighted by molar-refractivity contribution is 7.28. The zero-order valence-electron chi connectivity index (χ0n) is 22.0. The van der Waals surface area contributed by atoms with Gasteiger partial charge in [-0.1, -0.05) is 6.42 Å². The van der Waals surface area contributed by atoms with Gasteiger partial charge in [0.2, 0.25) is 0 Å². The molecular weight excluding hydrogens is 565 g/mol. The van der Waals surface area contributed by atoms with Crippen molar-refractivity contribution < 1.29 is 15.3 Å². The Morgan fingerprint density at radius 2 is 1.90 bits per heavy atom. The lowest BCUT2D eigenvalue weighted by Gasteiger charge is -2.28. The molecule has 2 aliphatic heterocycles. The van der Waals surface area contributed by atoms with E-state index in [9.17, 15) is 9.59 Å². The van der Waals surface area contributed by atoms with Crippen LogP contribution >= 0.6 is 34.0 Å². The van der Waals surface area contributed by atoms with Gasteiger partial charge in [0.25, 0.3) is 5.91 Å². The monoisotopic (exact) mass is 595 g/mol. The quantitative estimate of drug-likeness (QED) is 0.263. The fourth-order valence-corrected chi connectivity index (χ4v) is 8.93. The van der Waals surface area contributed by atoms with E-state index in [0.717, 1.165) is 67.8 Å². The Balaban J connectivity index is 1.19. The summed E-state index contributed by atoms with van der Waals surface area (Å²) in [5, 5.41) is 16.0. The van der Waals surface area contributed by atoms with Gasteiger partial charge in [-0.25, -0.2) is 4.98 Å². The van der Waals surface area contributed by atoms with Crippen LogP contribution < -0.4 is 32.0 Å². The van der Waals surface area contributed by atoms with Crippen LogP contribution in [0.15, 0.2) is 33.8 Å². The largest absolute Gasteiger partial charge is 0.378 e. The molecule has 4 aromatic rings. The number of aromatic nitrogens is 1. The zero-order chi connectivity index (χ0) is 27.2. The lowest BCUT2D eigenvalue weighted by atomic mass is 9.91. The summed E-state index contributed by atoms with van der Waals surface area (Å²) >= 11 is 4.74. The minimum absolute atomic E-state index is 0.0673. The first-order valence-electron chi connectivity index (χ1n) is 13.7. The summed E-state index contributed by atoms with van der Waals surface area (Å²) in [6.07, 6.45) is 4.61. The van der Waals surface area contributed by atoms with Crippen molar-refractivity contribution in [2.75, 3.05) is 41.8 Å². The second kappa shape index (κ2) is 10.7. The van der Waals surface area contributed by atoms with E-state index >= 15 is 0 Å². The molecule has 1 saturated heterocycles. The van der Waals surface area contributed by atoms with Crippen LogP contribution in [-0.4, -0.2) is 49.3 Å². The van der Waals surface area contributed by atoms with Crippen molar-refractivity contribution >= 4 is 71.0 Å². The molecule has 2 atom stereocenters. The maximum Gasteiger partial charge on any atom is 0.255 e. The van der Waals surface area contributed by atoms with Crippen molar-refractivity contribution in [2.24, 2.45) is 0 Å². The Hall–Kier alpha value is -3.03. The molecule has 0 aromatic carbocycles. The Bertz CT molecular complexity index is 1640. The summed E-state index contributed by atoms with van der Waals surface area (Å²) in [5.74, 6) is 1.24. The number of morpholine rings is 1. The molecule has 1 amide bonds. The number of pyridine rings is 1. The summed E-state index contributed by atoms with van der Waals surface area (Å²) in [4.78, 5) is 32.8. The van der Waals surface area contributed by atoms with Crippen LogP contribution in [0.1, 0.15) is 41.6 Å². The number of carbonyl (C=O) groups excluding carboxylic acids is 1. The van der Waals surface area contributed by atoms with Crippen LogP contribution in [0.4, 0.5) is 21.6 Å². The molecule has 0 radical (unpaired) electrons. The number of carbonyl (C=O) groups is 1. The SMILES string of the molecule is [NH3+][C@@H]1CCCC[C@@H]1Nc1cc2c(c(Nc3cc(-c4csc5c(=O)cc(N6CCOCC6)sc45)cs3)n1)C(=O)NC2. The van der Waals surface area contributed by atoms with E-state index in [2.05, 4.69) is 43.4 Å². The smallest absolute Gasteiger partial charge is 0.255 e. The van der Waals surface area contributed by atoms with Crippen LogP contribution in [0, 0.1) is 0 Å². The summed E-state index contributed by atoms with van der Waals surface area (Å²) < 4.78 is 7.30. The van der Waals surface area contributed by atoms with Crippen molar-refractivity contribution in [1.82, 2.24) is 10.3 Å². The minimum atomic E-state index is -0.106. The number of hydrogen-bond donors (Lipinski definition) is 4. The van der Waals surface area contributed by atoms with Crippen LogP contribution in [0.2, 0.25) is 0 Å². The third-order valence-corrected chi connectivity index (χ3v) is 11.1. The molecule has 12 heteroatoms. The third kappa shape index (κ3) is 4.88. The summed E-state index contributed by atoms with van der Waals surface area (Å²) in [6.45, 7) is 3.44. The van der Waals surface area contributed by atoms with Gasteiger partial charge in [0.15, 0.2) is 5.43 Å². The number of fused-ring (bicyclic) bond motifs is 2. The van der Waals surface area contributed by atoms with E-state index in [1.807, 2.05) is 6.07 Å². The van der Waals surface area contributed by atoms with E-state index in [-0.39, 0.29) is 17.4 Å². The molecular formula is C28H31N6O3S3+. The second-order valence-electron chi connectivity index (χ2n) is 10.5. The maximum atomic E-state index is 13.0. The van der Waals surface area contributed by atoms with Gasteiger partial charge in [-0.15, -0.1) is 34.0 Å². The molecule has 1 aliphatic carbocycles. The summed E-state index contributed by atoms with van der Waals surface area (Å²) in [5.41, 5.74) is 8.06. The zero-order valence-corrected chi connectivity index (χ0v) is 24.4. The number of anilines is 4. The summed E-state index contributed by atoms with van der Waals surface area (Å²) in [6, 6.07) is 6.47. The number of rotatable bonds is 6. The number of quaternary nitrogens is 1. The predicted octanol–water partition coefficient (Wildman–Crippen LogP) is 4.24. The van der Waals surface area contributed by atoms with Gasteiger partial charge in [0.1, 0.15) is 17.7 Å². The molecule has 0 bridgehead atoms. The average Bonchev–Trinajstić information content (AvgIpc) is 3.69. The number of nitrogens with zero attached hydrogens (tertiary/aromatic N) is 2. The minimum Gasteiger partial charge on any atom is -0.378 e. The Morgan fingerprint density at radius 3 is 2.75 bits per heavy atom. The molecule has 3 aliphatic rings. The molecule has 4 aromatic heterocycles. The van der Waals surface area contributed by atoms with Gasteiger partial charge in [-0.3, -0.25) is 9.59 Å². The first kappa shape index (κ1) is 25.9. The van der Waals surface area contributed by atoms with Gasteiger partial charge in [-0.05, 0) is 36.1 Å². The molecule has 7 rings (SSSR count). The van der Waals surface area contributed by atoms with Gasteiger partial charge in [0, 0.05) is 48.4 Å². The van der Waals surface area contributed by atoms with Gasteiger partial charge in [0.05, 0.1) is 44.2 Å². The average molecular weight is 596 g/mol. The van der Waals surface area contributed by atoms with Crippen molar-refractivity contribution in [2.45, 2.75) is 44.3 Å². The maximum absolute atomic E-state index is 13.0. The van der Waals surface area contributed by atoms with Crippen LogP contribution in [-0.2, 0) is 11.3 Å². The van der Waals surface area contributed by atoms with E-state index < -0.39 is 0 Å². The van der Waals surface area contributed by atoms with E-state index in [4.69, 9.17) is 9.72 Å². The molecule has 0 spiro atoms. The Kier molecular flexibility index (Phi) is 6.96. The topological polar surface area (TPSA) is 123 Å². The predicted molar refractivity (Wildman–Crippen MR) is 164 cm³/mol. The molecule has 1 saturated carbocycles. The van der Waals surface area contributed by atoms with Crippen LogP contribution in [0.25, 0.3) is 20.5 Å².